The first-order valence-electron chi connectivity index (χ1n) is 15.6. The Bertz CT molecular complexity index is 2010. The number of nitrogens with one attached hydrogen (secondary N) is 1. The van der Waals surface area contributed by atoms with Crippen LogP contribution in [0.5, 0.6) is 5.75 Å². The Morgan fingerprint density at radius 1 is 0.900 bits per heavy atom. The second-order valence-electron chi connectivity index (χ2n) is 11.9. The number of aromatic nitrogens is 1. The SMILES string of the molecule is COC(=O)[C@H]1OC(Oc2cc3c(c4ccccc24)[C@H](CCl)CN3C(=O)c2cc3cc(N)ccc3[nH]2)[C@H](OC(C)=O)[C@@H](OC(C)=O)[C@@H]1OC(C)=O. The van der Waals surface area contributed by atoms with E-state index in [0.717, 1.165) is 49.7 Å². The highest BCUT2D eigenvalue weighted by molar-refractivity contribution is 6.19. The fourth-order valence-corrected chi connectivity index (χ4v) is 6.79. The number of esters is 4. The number of carbonyl (C=O) groups excluding carboxylic acids is 5. The predicted molar refractivity (Wildman–Crippen MR) is 180 cm³/mol. The number of rotatable bonds is 8. The van der Waals surface area contributed by atoms with Crippen LogP contribution in [0.25, 0.3) is 21.7 Å². The van der Waals surface area contributed by atoms with Crippen LogP contribution < -0.4 is 15.4 Å². The number of amides is 1. The molecule has 2 aliphatic rings. The lowest BCUT2D eigenvalue weighted by atomic mass is 9.95. The third-order valence-electron chi connectivity index (χ3n) is 8.51. The Hall–Kier alpha value is -5.34. The average Bonchev–Trinajstić information content (AvgIpc) is 3.67. The Morgan fingerprint density at radius 2 is 1.56 bits per heavy atom. The van der Waals surface area contributed by atoms with E-state index in [9.17, 15) is 24.0 Å². The molecule has 3 N–H and O–H groups in total. The lowest BCUT2D eigenvalue weighted by Crippen LogP contribution is -2.64. The molecule has 4 aromatic rings. The monoisotopic (exact) mass is 707 g/mol. The largest absolute Gasteiger partial charge is 0.467 e. The first kappa shape index (κ1) is 34.5. The number of hydrogen-bond acceptors (Lipinski definition) is 12. The molecule has 50 heavy (non-hydrogen) atoms. The summed E-state index contributed by atoms with van der Waals surface area (Å²) in [6.45, 7) is 3.57. The third kappa shape index (κ3) is 6.51. The molecule has 3 heterocycles. The zero-order valence-electron chi connectivity index (χ0n) is 27.5. The van der Waals surface area contributed by atoms with Gasteiger partial charge < -0.3 is 44.0 Å². The molecule has 0 radical (unpaired) electrons. The number of benzene rings is 3. The van der Waals surface area contributed by atoms with Crippen LogP contribution in [-0.4, -0.2) is 85.0 Å². The van der Waals surface area contributed by atoms with Crippen LogP contribution in [0.1, 0.15) is 42.7 Å². The maximum atomic E-state index is 14.1. The molecule has 1 saturated heterocycles. The molecule has 0 bridgehead atoms. The van der Waals surface area contributed by atoms with Crippen LogP contribution in [0.15, 0.2) is 54.6 Å². The highest BCUT2D eigenvalue weighted by Gasteiger charge is 2.56. The molecule has 0 spiro atoms. The minimum Gasteiger partial charge on any atom is -0.467 e. The quantitative estimate of drug-likeness (QED) is 0.116. The van der Waals surface area contributed by atoms with E-state index in [2.05, 4.69) is 4.98 Å². The second-order valence-corrected chi connectivity index (χ2v) is 12.2. The Morgan fingerprint density at radius 3 is 2.22 bits per heavy atom. The van der Waals surface area contributed by atoms with Gasteiger partial charge in [0.1, 0.15) is 11.4 Å². The van der Waals surface area contributed by atoms with Crippen molar-refractivity contribution < 1.29 is 52.4 Å². The number of anilines is 2. The zero-order chi connectivity index (χ0) is 35.9. The topological polar surface area (TPSA) is 186 Å². The molecule has 14 nitrogen and oxygen atoms in total. The summed E-state index contributed by atoms with van der Waals surface area (Å²) in [5.74, 6) is -3.60. The molecular weight excluding hydrogens is 674 g/mol. The van der Waals surface area contributed by atoms with Crippen molar-refractivity contribution in [3.05, 3.63) is 65.9 Å². The van der Waals surface area contributed by atoms with Crippen LogP contribution in [0.2, 0.25) is 0 Å². The van der Waals surface area contributed by atoms with Crippen molar-refractivity contribution in [1.82, 2.24) is 4.98 Å². The van der Waals surface area contributed by atoms with Crippen LogP contribution in [-0.2, 0) is 42.9 Å². The van der Waals surface area contributed by atoms with Crippen molar-refractivity contribution in [2.75, 3.05) is 30.2 Å². The number of ether oxygens (including phenoxy) is 6. The number of H-pyrrole nitrogens is 1. The minimum absolute atomic E-state index is 0.176. The standard InChI is InChI=1S/C35H34ClN3O11/c1-16(40)46-29-30(47-17(2)41)32(48-18(3)42)35(50-31(29)34(44)45-4)49-27-13-26-28(23-8-6-5-7-22(23)27)20(14-36)15-39(26)33(43)25-12-19-11-21(37)9-10-24(19)38-25/h5-13,20,29-32,35,38H,14-15,37H2,1-4H3/t20-,29+,30+,31+,32-,35?/m1/s1. The van der Waals surface area contributed by atoms with Gasteiger partial charge in [0.05, 0.1) is 12.8 Å². The number of carbonyl (C=O) groups is 5. The highest BCUT2D eigenvalue weighted by atomic mass is 35.5. The van der Waals surface area contributed by atoms with E-state index in [4.69, 9.17) is 45.8 Å². The number of nitrogens with zero attached hydrogens (tertiary/aromatic N) is 1. The highest BCUT2D eigenvalue weighted by Crippen LogP contribution is 2.47. The number of halogens is 1. The molecule has 6 rings (SSSR count). The van der Waals surface area contributed by atoms with Gasteiger partial charge in [0, 0.05) is 67.2 Å². The van der Waals surface area contributed by atoms with Gasteiger partial charge in [-0.15, -0.1) is 11.6 Å². The summed E-state index contributed by atoms with van der Waals surface area (Å²) < 4.78 is 33.8. The van der Waals surface area contributed by atoms with Gasteiger partial charge in [-0.2, -0.15) is 0 Å². The van der Waals surface area contributed by atoms with Crippen LogP contribution in [0.3, 0.4) is 0 Å². The number of nitrogens with two attached hydrogens (primary N) is 1. The number of hydrogen-bond donors (Lipinski definition) is 2. The van der Waals surface area contributed by atoms with Gasteiger partial charge in [-0.3, -0.25) is 19.2 Å². The van der Waals surface area contributed by atoms with Crippen molar-refractivity contribution in [3.8, 4) is 5.75 Å². The molecule has 2 aliphatic heterocycles. The number of fused-ring (bicyclic) bond motifs is 4. The van der Waals surface area contributed by atoms with Crippen LogP contribution in [0, 0.1) is 0 Å². The summed E-state index contributed by atoms with van der Waals surface area (Å²) in [6.07, 6.45) is -7.89. The average molecular weight is 708 g/mol. The van der Waals surface area contributed by atoms with Gasteiger partial charge in [-0.05, 0) is 35.2 Å². The predicted octanol–water partition coefficient (Wildman–Crippen LogP) is 3.96. The van der Waals surface area contributed by atoms with E-state index in [1.165, 1.54) is 0 Å². The van der Waals surface area contributed by atoms with E-state index < -0.39 is 54.6 Å². The summed E-state index contributed by atoms with van der Waals surface area (Å²) in [5, 5.41) is 2.08. The summed E-state index contributed by atoms with van der Waals surface area (Å²) in [4.78, 5) is 68.6. The van der Waals surface area contributed by atoms with E-state index in [1.807, 2.05) is 12.1 Å². The molecule has 1 amide bonds. The maximum Gasteiger partial charge on any atom is 0.339 e. The Kier molecular flexibility index (Phi) is 9.58. The molecule has 1 unspecified atom stereocenters. The maximum absolute atomic E-state index is 14.1. The molecular formula is C35H34ClN3O11. The summed E-state index contributed by atoms with van der Waals surface area (Å²) in [6, 6.07) is 15.9. The smallest absolute Gasteiger partial charge is 0.339 e. The molecule has 6 atom stereocenters. The van der Waals surface area contributed by atoms with E-state index in [0.29, 0.717) is 22.5 Å². The van der Waals surface area contributed by atoms with Gasteiger partial charge in [0.25, 0.3) is 5.91 Å². The third-order valence-corrected chi connectivity index (χ3v) is 8.89. The molecule has 15 heteroatoms. The van der Waals surface area contributed by atoms with Crippen molar-refractivity contribution in [2.45, 2.75) is 57.4 Å². The zero-order valence-corrected chi connectivity index (χ0v) is 28.2. The summed E-state index contributed by atoms with van der Waals surface area (Å²) in [7, 11) is 1.10. The number of nitrogen functional groups attached to an aromatic ring is 1. The molecule has 0 saturated carbocycles. The molecule has 0 aliphatic carbocycles. The lowest BCUT2D eigenvalue weighted by molar-refractivity contribution is -0.282. The lowest BCUT2D eigenvalue weighted by Gasteiger charge is -2.43. The fraction of sp³-hybridized carbons (Fsp3) is 0.343. The van der Waals surface area contributed by atoms with Gasteiger partial charge in [-0.25, -0.2) is 4.79 Å². The Labute approximate surface area is 290 Å². The normalized spacial score (nSPS) is 22.9. The molecule has 1 aromatic heterocycles. The molecule has 3 aromatic carbocycles. The van der Waals surface area contributed by atoms with Crippen molar-refractivity contribution in [2.24, 2.45) is 0 Å². The van der Waals surface area contributed by atoms with Gasteiger partial charge in [0.2, 0.25) is 12.4 Å². The van der Waals surface area contributed by atoms with E-state index in [1.54, 1.807) is 47.4 Å². The second kappa shape index (κ2) is 13.9. The summed E-state index contributed by atoms with van der Waals surface area (Å²) in [5.41, 5.74) is 8.90. The van der Waals surface area contributed by atoms with E-state index in [-0.39, 0.29) is 30.0 Å². The van der Waals surface area contributed by atoms with Crippen molar-refractivity contribution >= 4 is 74.4 Å². The summed E-state index contributed by atoms with van der Waals surface area (Å²) >= 11 is 6.48. The van der Waals surface area contributed by atoms with E-state index >= 15 is 0 Å². The first-order chi connectivity index (χ1) is 23.9. The van der Waals surface area contributed by atoms with Crippen molar-refractivity contribution in [3.63, 3.8) is 0 Å². The van der Waals surface area contributed by atoms with Gasteiger partial charge in [-0.1, -0.05) is 24.3 Å². The van der Waals surface area contributed by atoms with Crippen LogP contribution in [0.4, 0.5) is 11.4 Å². The number of alkyl halides is 1. The molecule has 1 fully saturated rings. The van der Waals surface area contributed by atoms with Gasteiger partial charge in [0.15, 0.2) is 18.3 Å². The molecule has 262 valence electrons. The minimum atomic E-state index is -1.65. The first-order valence-corrected chi connectivity index (χ1v) is 16.2. The number of methoxy groups -OCH3 is 1. The fourth-order valence-electron chi connectivity index (χ4n) is 6.54. The van der Waals surface area contributed by atoms with Gasteiger partial charge >= 0.3 is 23.9 Å². The number of aromatic amines is 1. The Balaban J connectivity index is 1.46. The van der Waals surface area contributed by atoms with Crippen LogP contribution >= 0.6 is 11.6 Å². The van der Waals surface area contributed by atoms with Crippen molar-refractivity contribution in [1.29, 1.82) is 0 Å².